The van der Waals surface area contributed by atoms with Crippen LogP contribution in [0.1, 0.15) is 37.7 Å². The number of aromatic nitrogens is 3. The fourth-order valence-electron chi connectivity index (χ4n) is 8.79. The van der Waals surface area contributed by atoms with Crippen molar-refractivity contribution in [2.24, 2.45) is 0 Å². The summed E-state index contributed by atoms with van der Waals surface area (Å²) in [6.07, 6.45) is 10.8. The number of piperazine rings is 1. The van der Waals surface area contributed by atoms with Crippen molar-refractivity contribution in [3.63, 3.8) is 0 Å². The van der Waals surface area contributed by atoms with Gasteiger partial charge in [-0.1, -0.05) is 55.6 Å². The van der Waals surface area contributed by atoms with E-state index in [9.17, 15) is 0 Å². The number of fused-ring (bicyclic) bond motifs is 2. The second-order valence-electron chi connectivity index (χ2n) is 14.7. The van der Waals surface area contributed by atoms with Crippen molar-refractivity contribution in [1.82, 2.24) is 25.0 Å². The highest BCUT2D eigenvalue weighted by Crippen LogP contribution is 2.39. The van der Waals surface area contributed by atoms with E-state index in [2.05, 4.69) is 126 Å². The molecule has 2 saturated heterocycles. The summed E-state index contributed by atoms with van der Waals surface area (Å²) in [5.41, 5.74) is 12.8. The van der Waals surface area contributed by atoms with Gasteiger partial charge in [0.15, 0.2) is 0 Å². The SMILES string of the molecule is C=CCCC(C(=C)NC)N1CCCc2c(N3CCC(N4CCN(c5ccc(-n6ccc7nnc(-c8ccccc8)cc76)cc5)C(=C)C4)CC3)cccc21. The molecule has 272 valence electrons. The number of nitrogens with zero attached hydrogens (tertiary/aromatic N) is 7. The highest BCUT2D eigenvalue weighted by atomic mass is 15.3. The highest BCUT2D eigenvalue weighted by Gasteiger charge is 2.32. The first-order valence-corrected chi connectivity index (χ1v) is 19.3. The minimum absolute atomic E-state index is 0.270. The third-order valence-electron chi connectivity index (χ3n) is 11.7. The summed E-state index contributed by atoms with van der Waals surface area (Å²) in [6, 6.07) is 31.0. The Morgan fingerprint density at radius 2 is 1.66 bits per heavy atom. The van der Waals surface area contributed by atoms with Crippen LogP contribution in [0.5, 0.6) is 0 Å². The fourth-order valence-corrected chi connectivity index (χ4v) is 8.79. The number of piperidine rings is 1. The summed E-state index contributed by atoms with van der Waals surface area (Å²) in [6.45, 7) is 19.1. The first-order valence-electron chi connectivity index (χ1n) is 19.3. The van der Waals surface area contributed by atoms with Crippen LogP contribution >= 0.6 is 0 Å². The van der Waals surface area contributed by atoms with Crippen LogP contribution in [0.2, 0.25) is 0 Å². The van der Waals surface area contributed by atoms with Gasteiger partial charge in [-0.2, -0.15) is 0 Å². The summed E-state index contributed by atoms with van der Waals surface area (Å²) in [4.78, 5) is 10.3. The van der Waals surface area contributed by atoms with Gasteiger partial charge in [-0.15, -0.1) is 16.8 Å². The van der Waals surface area contributed by atoms with Gasteiger partial charge in [0, 0.05) is 98.3 Å². The molecule has 8 nitrogen and oxygen atoms in total. The van der Waals surface area contributed by atoms with Gasteiger partial charge < -0.3 is 24.6 Å². The molecular formula is C45H52N8. The number of nitrogens with one attached hydrogen (secondary N) is 1. The van der Waals surface area contributed by atoms with E-state index in [1.54, 1.807) is 0 Å². The molecule has 8 heteroatoms. The summed E-state index contributed by atoms with van der Waals surface area (Å²) in [5, 5.41) is 12.3. The largest absolute Gasteiger partial charge is 0.390 e. The number of benzene rings is 3. The smallest absolute Gasteiger partial charge is 0.111 e. The second-order valence-corrected chi connectivity index (χ2v) is 14.7. The fraction of sp³-hybridized carbons (Fsp3) is 0.333. The van der Waals surface area contributed by atoms with E-state index in [1.165, 1.54) is 47.6 Å². The average Bonchev–Trinajstić information content (AvgIpc) is 3.64. The molecule has 2 aromatic heterocycles. The van der Waals surface area contributed by atoms with Gasteiger partial charge in [-0.3, -0.25) is 4.90 Å². The number of anilines is 3. The number of hydrogen-bond donors (Lipinski definition) is 1. The van der Waals surface area contributed by atoms with Crippen molar-refractivity contribution in [3.8, 4) is 16.9 Å². The zero-order valence-corrected chi connectivity index (χ0v) is 31.1. The molecule has 0 amide bonds. The Kier molecular flexibility index (Phi) is 10.0. The van der Waals surface area contributed by atoms with Crippen LogP contribution in [-0.2, 0) is 6.42 Å². The number of likely N-dealkylation sites (N-methyl/N-ethyl adjacent to an activating group) is 1. The molecule has 1 atom stereocenters. The van der Waals surface area contributed by atoms with Gasteiger partial charge in [-0.05, 0) is 92.6 Å². The van der Waals surface area contributed by atoms with Gasteiger partial charge in [0.05, 0.1) is 17.3 Å². The van der Waals surface area contributed by atoms with Crippen LogP contribution in [0.15, 0.2) is 128 Å². The van der Waals surface area contributed by atoms with E-state index in [4.69, 9.17) is 0 Å². The van der Waals surface area contributed by atoms with Gasteiger partial charge in [-0.25, -0.2) is 0 Å². The normalized spacial score (nSPS) is 17.5. The number of hydrogen-bond acceptors (Lipinski definition) is 7. The standard InChI is InChI=1S/C45H52N8/c1-5-6-15-42(34(3)46-4)53-25-11-14-39-43(16-10-17-44(39)53)49-26-22-36(23-27-49)50-29-30-51(33(2)32-50)37-18-20-38(21-19-37)52-28-24-40-45(52)31-41(48-47-40)35-12-8-7-9-13-35/h5,7-10,12-13,16-21,24,28,31,36,42,46H,1-3,6,11,14-15,22-23,25-27,29-30,32H2,4H3. The third-order valence-corrected chi connectivity index (χ3v) is 11.7. The van der Waals surface area contributed by atoms with Crippen molar-refractivity contribution in [2.45, 2.75) is 50.6 Å². The maximum Gasteiger partial charge on any atom is 0.111 e. The molecule has 0 radical (unpaired) electrons. The lowest BCUT2D eigenvalue weighted by molar-refractivity contribution is 0.174. The predicted molar refractivity (Wildman–Crippen MR) is 221 cm³/mol. The maximum absolute atomic E-state index is 4.57. The van der Waals surface area contributed by atoms with E-state index in [0.29, 0.717) is 6.04 Å². The molecule has 8 rings (SSSR count). The lowest BCUT2D eigenvalue weighted by Gasteiger charge is -2.45. The third kappa shape index (κ3) is 6.96. The predicted octanol–water partition coefficient (Wildman–Crippen LogP) is 8.21. The van der Waals surface area contributed by atoms with Crippen LogP contribution in [0.25, 0.3) is 28.0 Å². The Labute approximate surface area is 314 Å². The number of allylic oxidation sites excluding steroid dienone is 1. The van der Waals surface area contributed by atoms with Gasteiger partial charge in [0.2, 0.25) is 0 Å². The van der Waals surface area contributed by atoms with Crippen LogP contribution in [0.4, 0.5) is 17.1 Å². The molecule has 53 heavy (non-hydrogen) atoms. The van der Waals surface area contributed by atoms with Crippen molar-refractivity contribution < 1.29 is 0 Å². The van der Waals surface area contributed by atoms with Crippen molar-refractivity contribution >= 4 is 28.1 Å². The van der Waals surface area contributed by atoms with Crippen molar-refractivity contribution in [3.05, 3.63) is 134 Å². The van der Waals surface area contributed by atoms with E-state index in [1.807, 2.05) is 37.4 Å². The van der Waals surface area contributed by atoms with Crippen LogP contribution in [0.3, 0.4) is 0 Å². The second kappa shape index (κ2) is 15.3. The Morgan fingerprint density at radius 3 is 2.42 bits per heavy atom. The molecule has 3 aliphatic rings. The molecule has 0 aliphatic carbocycles. The first-order chi connectivity index (χ1) is 26.0. The lowest BCUT2D eigenvalue weighted by Crippen LogP contribution is -2.52. The topological polar surface area (TPSA) is 55.7 Å². The Bertz CT molecular complexity index is 2080. The monoisotopic (exact) mass is 704 g/mol. The Hall–Kier alpha value is -5.34. The summed E-state index contributed by atoms with van der Waals surface area (Å²) in [7, 11) is 1.99. The molecule has 0 spiro atoms. The molecule has 5 heterocycles. The minimum atomic E-state index is 0.270. The van der Waals surface area contributed by atoms with Crippen molar-refractivity contribution in [2.75, 3.05) is 61.0 Å². The Morgan fingerprint density at radius 1 is 0.887 bits per heavy atom. The Balaban J connectivity index is 0.899. The van der Waals surface area contributed by atoms with Gasteiger partial charge in [0.1, 0.15) is 5.52 Å². The van der Waals surface area contributed by atoms with Crippen LogP contribution in [-0.4, -0.2) is 78.1 Å². The number of rotatable bonds is 11. The maximum atomic E-state index is 4.57. The van der Waals surface area contributed by atoms with Crippen molar-refractivity contribution in [1.29, 1.82) is 0 Å². The molecule has 3 aromatic carbocycles. The summed E-state index contributed by atoms with van der Waals surface area (Å²) >= 11 is 0. The molecule has 3 aliphatic heterocycles. The highest BCUT2D eigenvalue weighted by molar-refractivity contribution is 5.81. The zero-order chi connectivity index (χ0) is 36.3. The molecule has 0 saturated carbocycles. The molecule has 5 aromatic rings. The van der Waals surface area contributed by atoms with Gasteiger partial charge >= 0.3 is 0 Å². The average molecular weight is 705 g/mol. The summed E-state index contributed by atoms with van der Waals surface area (Å²) < 4.78 is 2.20. The van der Waals surface area contributed by atoms with E-state index in [0.717, 1.165) is 92.2 Å². The van der Waals surface area contributed by atoms with Gasteiger partial charge in [0.25, 0.3) is 0 Å². The summed E-state index contributed by atoms with van der Waals surface area (Å²) in [5.74, 6) is 0. The zero-order valence-electron chi connectivity index (χ0n) is 31.1. The van der Waals surface area contributed by atoms with Crippen LogP contribution < -0.4 is 20.0 Å². The van der Waals surface area contributed by atoms with E-state index >= 15 is 0 Å². The molecule has 0 bridgehead atoms. The first kappa shape index (κ1) is 34.7. The quantitative estimate of drug-likeness (QED) is 0.139. The molecular weight excluding hydrogens is 653 g/mol. The molecule has 1 unspecified atom stereocenters. The van der Waals surface area contributed by atoms with E-state index in [-0.39, 0.29) is 6.04 Å². The van der Waals surface area contributed by atoms with E-state index < -0.39 is 0 Å². The molecule has 2 fully saturated rings. The molecule has 1 N–H and O–H groups in total. The van der Waals surface area contributed by atoms with Crippen LogP contribution in [0, 0.1) is 0 Å². The minimum Gasteiger partial charge on any atom is -0.390 e. The lowest BCUT2D eigenvalue weighted by atomic mass is 9.94.